The van der Waals surface area contributed by atoms with Gasteiger partial charge in [-0.3, -0.25) is 4.98 Å². The van der Waals surface area contributed by atoms with E-state index in [-0.39, 0.29) is 6.04 Å². The van der Waals surface area contributed by atoms with Crippen LogP contribution in [-0.4, -0.2) is 27.6 Å². The zero-order valence-corrected chi connectivity index (χ0v) is 12.0. The molecule has 0 spiro atoms. The summed E-state index contributed by atoms with van der Waals surface area (Å²) in [5.74, 6) is -1.02. The van der Waals surface area contributed by atoms with Crippen molar-refractivity contribution >= 4 is 12.0 Å². The third-order valence-electron chi connectivity index (χ3n) is 3.45. The lowest BCUT2D eigenvalue weighted by atomic mass is 9.93. The van der Waals surface area contributed by atoms with Gasteiger partial charge in [-0.2, -0.15) is 0 Å². The molecule has 1 rings (SSSR count). The second-order valence-electron chi connectivity index (χ2n) is 4.67. The number of hydrogen-bond acceptors (Lipinski definition) is 3. The first-order chi connectivity index (χ1) is 9.45. The smallest absolute Gasteiger partial charge is 0.329 e. The molecule has 0 bridgehead atoms. The summed E-state index contributed by atoms with van der Waals surface area (Å²) in [7, 11) is 0. The molecule has 110 valence electrons. The molecule has 1 aromatic rings. The fourth-order valence-corrected chi connectivity index (χ4v) is 1.94. The molecule has 6 heteroatoms. The second-order valence-corrected chi connectivity index (χ2v) is 4.67. The van der Waals surface area contributed by atoms with Crippen LogP contribution in [-0.2, 0) is 4.79 Å². The third kappa shape index (κ3) is 3.69. The van der Waals surface area contributed by atoms with Crippen LogP contribution in [0.4, 0.5) is 4.79 Å². The van der Waals surface area contributed by atoms with Crippen LogP contribution in [0.25, 0.3) is 0 Å². The molecule has 0 aliphatic rings. The summed E-state index contributed by atoms with van der Waals surface area (Å²) >= 11 is 0. The van der Waals surface area contributed by atoms with Gasteiger partial charge in [0.15, 0.2) is 0 Å². The first-order valence-electron chi connectivity index (χ1n) is 6.68. The number of aromatic nitrogens is 1. The number of rotatable bonds is 6. The van der Waals surface area contributed by atoms with Crippen molar-refractivity contribution in [2.24, 2.45) is 0 Å². The number of hydrogen-bond donors (Lipinski definition) is 3. The topological polar surface area (TPSA) is 91.3 Å². The van der Waals surface area contributed by atoms with Gasteiger partial charge in [-0.15, -0.1) is 0 Å². The molecule has 0 aromatic carbocycles. The molecule has 1 aromatic heterocycles. The molecule has 2 amide bonds. The number of carboxylic acids is 1. The molecule has 0 aliphatic carbocycles. The average Bonchev–Trinajstić information content (AvgIpc) is 2.45. The van der Waals surface area contributed by atoms with Crippen molar-refractivity contribution in [3.63, 3.8) is 0 Å². The number of carbonyl (C=O) groups excluding carboxylic acids is 1. The van der Waals surface area contributed by atoms with Crippen molar-refractivity contribution in [1.82, 2.24) is 15.6 Å². The van der Waals surface area contributed by atoms with Gasteiger partial charge in [-0.05, 0) is 31.9 Å². The minimum Gasteiger partial charge on any atom is -0.480 e. The van der Waals surface area contributed by atoms with Gasteiger partial charge in [0.1, 0.15) is 5.54 Å². The first kappa shape index (κ1) is 15.9. The predicted molar refractivity (Wildman–Crippen MR) is 75.3 cm³/mol. The van der Waals surface area contributed by atoms with Gasteiger partial charge >= 0.3 is 12.0 Å². The van der Waals surface area contributed by atoms with Crippen LogP contribution in [0.15, 0.2) is 24.4 Å². The summed E-state index contributed by atoms with van der Waals surface area (Å²) in [6.07, 6.45) is 2.29. The largest absolute Gasteiger partial charge is 0.480 e. The van der Waals surface area contributed by atoms with Crippen LogP contribution in [0.1, 0.15) is 45.3 Å². The highest BCUT2D eigenvalue weighted by atomic mass is 16.4. The monoisotopic (exact) mass is 279 g/mol. The molecule has 0 radical (unpaired) electrons. The van der Waals surface area contributed by atoms with Crippen LogP contribution < -0.4 is 10.6 Å². The molecule has 0 saturated heterocycles. The lowest BCUT2D eigenvalue weighted by Crippen LogP contribution is -2.56. The number of nitrogens with one attached hydrogen (secondary N) is 2. The van der Waals surface area contributed by atoms with Crippen LogP contribution in [0, 0.1) is 0 Å². The fraction of sp³-hybridized carbons (Fsp3) is 0.500. The van der Waals surface area contributed by atoms with Crippen LogP contribution in [0.3, 0.4) is 0 Å². The Hall–Kier alpha value is -2.11. The normalized spacial score (nSPS) is 12.6. The zero-order chi connectivity index (χ0) is 15.2. The first-order valence-corrected chi connectivity index (χ1v) is 6.68. The Bertz CT molecular complexity index is 458. The highest BCUT2D eigenvalue weighted by molar-refractivity contribution is 5.86. The van der Waals surface area contributed by atoms with Crippen molar-refractivity contribution < 1.29 is 14.7 Å². The Balaban J connectivity index is 2.70. The predicted octanol–water partition coefficient (Wildman–Crippen LogP) is 2.09. The molecule has 1 atom stereocenters. The molecular formula is C14H21N3O3. The number of carbonyl (C=O) groups is 2. The highest BCUT2D eigenvalue weighted by Gasteiger charge is 2.36. The molecule has 0 saturated carbocycles. The average molecular weight is 279 g/mol. The van der Waals surface area contributed by atoms with E-state index in [1.54, 1.807) is 39.1 Å². The lowest BCUT2D eigenvalue weighted by molar-refractivity contribution is -0.144. The Labute approximate surface area is 118 Å². The standard InChI is InChI=1S/C14H21N3O3/c1-4-14(5-2,12(18)19)17-13(20)16-10(3)11-8-6-7-9-15-11/h6-10H,4-5H2,1-3H3,(H,18,19)(H2,16,17,20). The van der Waals surface area contributed by atoms with Gasteiger partial charge in [0.2, 0.25) is 0 Å². The summed E-state index contributed by atoms with van der Waals surface area (Å²) in [5.41, 5.74) is -0.509. The van der Waals surface area contributed by atoms with E-state index in [0.29, 0.717) is 12.8 Å². The van der Waals surface area contributed by atoms with Gasteiger partial charge in [0, 0.05) is 6.20 Å². The minimum atomic E-state index is -1.23. The molecule has 3 N–H and O–H groups in total. The lowest BCUT2D eigenvalue weighted by Gasteiger charge is -2.28. The fourth-order valence-electron chi connectivity index (χ4n) is 1.94. The number of carboxylic acid groups (broad SMARTS) is 1. The van der Waals surface area contributed by atoms with Crippen LogP contribution in [0.2, 0.25) is 0 Å². The molecule has 20 heavy (non-hydrogen) atoms. The molecule has 1 unspecified atom stereocenters. The van der Waals surface area contributed by atoms with Crippen molar-refractivity contribution in [3.8, 4) is 0 Å². The van der Waals surface area contributed by atoms with Crippen molar-refractivity contribution in [2.45, 2.75) is 45.2 Å². The Morgan fingerprint density at radius 3 is 2.45 bits per heavy atom. The van der Waals surface area contributed by atoms with E-state index in [2.05, 4.69) is 15.6 Å². The summed E-state index contributed by atoms with van der Waals surface area (Å²) < 4.78 is 0. The zero-order valence-electron chi connectivity index (χ0n) is 12.0. The highest BCUT2D eigenvalue weighted by Crippen LogP contribution is 2.16. The summed E-state index contributed by atoms with van der Waals surface area (Å²) in [4.78, 5) is 27.4. The third-order valence-corrected chi connectivity index (χ3v) is 3.45. The van der Waals surface area contributed by atoms with E-state index in [9.17, 15) is 14.7 Å². The van der Waals surface area contributed by atoms with E-state index in [4.69, 9.17) is 0 Å². The molecule has 0 fully saturated rings. The number of aliphatic carboxylic acids is 1. The van der Waals surface area contributed by atoms with Gasteiger partial charge in [0.25, 0.3) is 0 Å². The van der Waals surface area contributed by atoms with E-state index >= 15 is 0 Å². The van der Waals surface area contributed by atoms with E-state index in [1.165, 1.54) is 0 Å². The van der Waals surface area contributed by atoms with Gasteiger partial charge < -0.3 is 15.7 Å². The number of nitrogens with zero attached hydrogens (tertiary/aromatic N) is 1. The van der Waals surface area contributed by atoms with Gasteiger partial charge in [-0.25, -0.2) is 9.59 Å². The van der Waals surface area contributed by atoms with Crippen molar-refractivity contribution in [2.75, 3.05) is 0 Å². The number of pyridine rings is 1. The second kappa shape index (κ2) is 6.88. The Morgan fingerprint density at radius 1 is 1.35 bits per heavy atom. The van der Waals surface area contributed by atoms with E-state index in [0.717, 1.165) is 5.69 Å². The van der Waals surface area contributed by atoms with E-state index in [1.807, 2.05) is 6.07 Å². The number of amides is 2. The molecule has 0 aliphatic heterocycles. The van der Waals surface area contributed by atoms with Gasteiger partial charge in [0.05, 0.1) is 11.7 Å². The maximum atomic E-state index is 12.0. The maximum Gasteiger partial charge on any atom is 0.329 e. The number of urea groups is 1. The van der Waals surface area contributed by atoms with Crippen molar-refractivity contribution in [1.29, 1.82) is 0 Å². The molecule has 1 heterocycles. The summed E-state index contributed by atoms with van der Waals surface area (Å²) in [6.45, 7) is 5.27. The van der Waals surface area contributed by atoms with Crippen molar-refractivity contribution in [3.05, 3.63) is 30.1 Å². The van der Waals surface area contributed by atoms with E-state index < -0.39 is 17.5 Å². The van der Waals surface area contributed by atoms with Gasteiger partial charge in [-0.1, -0.05) is 19.9 Å². The SMILES string of the molecule is CCC(CC)(NC(=O)NC(C)c1ccccn1)C(=O)O. The minimum absolute atomic E-state index is 0.295. The summed E-state index contributed by atoms with van der Waals surface area (Å²) in [6, 6.07) is 4.62. The Kier molecular flexibility index (Phi) is 5.49. The van der Waals surface area contributed by atoms with Crippen LogP contribution >= 0.6 is 0 Å². The Morgan fingerprint density at radius 2 is 2.00 bits per heavy atom. The molecular weight excluding hydrogens is 258 g/mol. The quantitative estimate of drug-likeness (QED) is 0.743. The van der Waals surface area contributed by atoms with Crippen LogP contribution in [0.5, 0.6) is 0 Å². The maximum absolute atomic E-state index is 12.0. The summed E-state index contributed by atoms with van der Waals surface area (Å²) in [5, 5.41) is 14.5. The molecule has 6 nitrogen and oxygen atoms in total.